The summed E-state index contributed by atoms with van der Waals surface area (Å²) in [5.74, 6) is -0.467. The number of carbonyl (C=O) groups excluding carboxylic acids is 2. The number of nitrogens with one attached hydrogen (secondary N) is 1. The number of amides is 1. The molecular formula is C14H12ClNO3S. The fraction of sp³-hybridized carbons (Fsp3) is 0.143. The number of aromatic hydroxyl groups is 1. The molecule has 20 heavy (non-hydrogen) atoms. The quantitative estimate of drug-likeness (QED) is 0.653. The van der Waals surface area contributed by atoms with Crippen LogP contribution in [0.25, 0.3) is 0 Å². The van der Waals surface area contributed by atoms with E-state index in [2.05, 4.69) is 5.32 Å². The summed E-state index contributed by atoms with van der Waals surface area (Å²) in [4.78, 5) is 24.1. The molecule has 0 spiro atoms. The molecule has 1 amide bonds. The summed E-state index contributed by atoms with van der Waals surface area (Å²) in [6, 6.07) is 7.90. The lowest BCUT2D eigenvalue weighted by Crippen LogP contribution is -2.13. The first-order valence-electron chi connectivity index (χ1n) is 5.91. The number of phenols is 1. The summed E-state index contributed by atoms with van der Waals surface area (Å²) in [7, 11) is 0. The second kappa shape index (κ2) is 6.54. The maximum absolute atomic E-state index is 11.7. The molecule has 1 heterocycles. The molecule has 1 aromatic carbocycles. The van der Waals surface area contributed by atoms with Gasteiger partial charge in [0.25, 0.3) is 0 Å². The van der Waals surface area contributed by atoms with Crippen molar-refractivity contribution >= 4 is 40.3 Å². The number of rotatable bonds is 5. The van der Waals surface area contributed by atoms with Crippen molar-refractivity contribution in [3.8, 4) is 5.75 Å². The second-order valence-corrected chi connectivity index (χ2v) is 5.49. The summed E-state index contributed by atoms with van der Waals surface area (Å²) in [5.41, 5.74) is 0.242. The van der Waals surface area contributed by atoms with Gasteiger partial charge in [0, 0.05) is 17.9 Å². The Labute approximate surface area is 125 Å². The molecule has 0 aliphatic rings. The van der Waals surface area contributed by atoms with Crippen molar-refractivity contribution in [1.82, 2.24) is 0 Å². The molecule has 0 fully saturated rings. The molecule has 0 saturated carbocycles. The van der Waals surface area contributed by atoms with Crippen LogP contribution in [0.3, 0.4) is 0 Å². The van der Waals surface area contributed by atoms with Gasteiger partial charge in [-0.1, -0.05) is 17.7 Å². The van der Waals surface area contributed by atoms with Crippen molar-refractivity contribution in [3.63, 3.8) is 0 Å². The number of thiophene rings is 1. The first-order valence-corrected chi connectivity index (χ1v) is 7.17. The van der Waals surface area contributed by atoms with Gasteiger partial charge in [-0.2, -0.15) is 0 Å². The van der Waals surface area contributed by atoms with Crippen LogP contribution < -0.4 is 5.32 Å². The molecule has 0 aliphatic carbocycles. The standard InChI is InChI=1S/C14H12ClNO3S/c15-9-3-4-11(17)10(8-9)16-14(19)6-5-12(18)13-2-1-7-20-13/h1-4,7-8,17H,5-6H2,(H,16,19). The number of halogens is 1. The van der Waals surface area contributed by atoms with Crippen LogP contribution in [0.15, 0.2) is 35.7 Å². The van der Waals surface area contributed by atoms with Crippen molar-refractivity contribution in [2.45, 2.75) is 12.8 Å². The van der Waals surface area contributed by atoms with Gasteiger partial charge in [0.1, 0.15) is 5.75 Å². The van der Waals surface area contributed by atoms with E-state index in [9.17, 15) is 14.7 Å². The highest BCUT2D eigenvalue weighted by Gasteiger charge is 2.11. The molecule has 4 nitrogen and oxygen atoms in total. The molecule has 1 aromatic heterocycles. The van der Waals surface area contributed by atoms with Crippen LogP contribution in [0.4, 0.5) is 5.69 Å². The molecule has 0 aliphatic heterocycles. The summed E-state index contributed by atoms with van der Waals surface area (Å²) in [6.07, 6.45) is 0.191. The van der Waals surface area contributed by atoms with Gasteiger partial charge in [0.2, 0.25) is 5.91 Å². The van der Waals surface area contributed by atoms with Crippen molar-refractivity contribution in [2.24, 2.45) is 0 Å². The number of Topliss-reactive ketones (excluding diaryl/α,β-unsaturated/α-hetero) is 1. The smallest absolute Gasteiger partial charge is 0.224 e. The summed E-state index contributed by atoms with van der Waals surface area (Å²) in [6.45, 7) is 0. The van der Waals surface area contributed by atoms with E-state index < -0.39 is 0 Å². The van der Waals surface area contributed by atoms with Crippen molar-refractivity contribution in [3.05, 3.63) is 45.6 Å². The number of hydrogen-bond donors (Lipinski definition) is 2. The van der Waals surface area contributed by atoms with Gasteiger partial charge in [-0.25, -0.2) is 0 Å². The summed E-state index contributed by atoms with van der Waals surface area (Å²) in [5, 5.41) is 14.3. The lowest BCUT2D eigenvalue weighted by molar-refractivity contribution is -0.116. The van der Waals surface area contributed by atoms with E-state index in [1.807, 2.05) is 5.38 Å². The van der Waals surface area contributed by atoms with E-state index in [4.69, 9.17) is 11.6 Å². The first-order chi connectivity index (χ1) is 9.56. The first kappa shape index (κ1) is 14.6. The van der Waals surface area contributed by atoms with Gasteiger partial charge >= 0.3 is 0 Å². The molecule has 2 rings (SSSR count). The zero-order chi connectivity index (χ0) is 14.5. The number of benzene rings is 1. The fourth-order valence-electron chi connectivity index (χ4n) is 1.61. The average Bonchev–Trinajstić information content (AvgIpc) is 2.94. The number of hydrogen-bond acceptors (Lipinski definition) is 4. The molecule has 0 bridgehead atoms. The third-order valence-corrected chi connectivity index (χ3v) is 3.75. The van der Waals surface area contributed by atoms with Crippen molar-refractivity contribution < 1.29 is 14.7 Å². The molecule has 0 saturated heterocycles. The average molecular weight is 310 g/mol. The Morgan fingerprint density at radius 1 is 1.25 bits per heavy atom. The van der Waals surface area contributed by atoms with E-state index in [1.54, 1.807) is 12.1 Å². The molecule has 0 unspecified atom stereocenters. The maximum atomic E-state index is 11.7. The van der Waals surface area contributed by atoms with Crippen molar-refractivity contribution in [2.75, 3.05) is 5.32 Å². The van der Waals surface area contributed by atoms with Crippen LogP contribution in [0.1, 0.15) is 22.5 Å². The Bertz CT molecular complexity index is 625. The number of anilines is 1. The molecular weight excluding hydrogens is 298 g/mol. The van der Waals surface area contributed by atoms with Gasteiger partial charge < -0.3 is 10.4 Å². The predicted molar refractivity (Wildman–Crippen MR) is 79.6 cm³/mol. The lowest BCUT2D eigenvalue weighted by Gasteiger charge is -2.07. The van der Waals surface area contributed by atoms with E-state index in [-0.39, 0.29) is 36.0 Å². The normalized spacial score (nSPS) is 10.2. The zero-order valence-corrected chi connectivity index (χ0v) is 12.0. The monoisotopic (exact) mass is 309 g/mol. The van der Waals surface area contributed by atoms with Gasteiger partial charge in [-0.05, 0) is 29.6 Å². The van der Waals surface area contributed by atoms with Gasteiger partial charge in [0.05, 0.1) is 10.6 Å². The number of phenolic OH excluding ortho intramolecular Hbond substituents is 1. The molecule has 0 radical (unpaired) electrons. The van der Waals surface area contributed by atoms with E-state index in [1.165, 1.54) is 29.5 Å². The van der Waals surface area contributed by atoms with E-state index in [0.717, 1.165) is 0 Å². The predicted octanol–water partition coefficient (Wildman–Crippen LogP) is 3.71. The van der Waals surface area contributed by atoms with Crippen LogP contribution >= 0.6 is 22.9 Å². The molecule has 0 atom stereocenters. The Morgan fingerprint density at radius 3 is 2.75 bits per heavy atom. The Morgan fingerprint density at radius 2 is 2.05 bits per heavy atom. The Kier molecular flexibility index (Phi) is 4.76. The Hall–Kier alpha value is -1.85. The highest BCUT2D eigenvalue weighted by molar-refractivity contribution is 7.12. The Balaban J connectivity index is 1.90. The maximum Gasteiger partial charge on any atom is 0.224 e. The topological polar surface area (TPSA) is 66.4 Å². The largest absolute Gasteiger partial charge is 0.506 e. The van der Waals surface area contributed by atoms with Crippen molar-refractivity contribution in [1.29, 1.82) is 0 Å². The third kappa shape index (κ3) is 3.82. The van der Waals surface area contributed by atoms with Gasteiger partial charge in [-0.3, -0.25) is 9.59 Å². The van der Waals surface area contributed by atoms with Crippen LogP contribution in [0.5, 0.6) is 5.75 Å². The molecule has 104 valence electrons. The van der Waals surface area contributed by atoms with Gasteiger partial charge in [0.15, 0.2) is 5.78 Å². The van der Waals surface area contributed by atoms with Gasteiger partial charge in [-0.15, -0.1) is 11.3 Å². The summed E-state index contributed by atoms with van der Waals surface area (Å²) >= 11 is 7.13. The SMILES string of the molecule is O=C(CCC(=O)c1cccs1)Nc1cc(Cl)ccc1O. The third-order valence-electron chi connectivity index (χ3n) is 2.61. The summed E-state index contributed by atoms with van der Waals surface area (Å²) < 4.78 is 0. The minimum absolute atomic E-state index is 0.0582. The van der Waals surface area contributed by atoms with Crippen LogP contribution in [-0.2, 0) is 4.79 Å². The highest BCUT2D eigenvalue weighted by atomic mass is 35.5. The zero-order valence-electron chi connectivity index (χ0n) is 10.4. The van der Waals surface area contributed by atoms with Crippen LogP contribution in [-0.4, -0.2) is 16.8 Å². The number of ketones is 1. The van der Waals surface area contributed by atoms with Crippen LogP contribution in [0.2, 0.25) is 5.02 Å². The fourth-order valence-corrected chi connectivity index (χ4v) is 2.48. The van der Waals surface area contributed by atoms with E-state index in [0.29, 0.717) is 9.90 Å². The molecule has 2 aromatic rings. The molecule has 6 heteroatoms. The minimum atomic E-state index is -0.340. The highest BCUT2D eigenvalue weighted by Crippen LogP contribution is 2.26. The lowest BCUT2D eigenvalue weighted by atomic mass is 10.2. The second-order valence-electron chi connectivity index (χ2n) is 4.11. The minimum Gasteiger partial charge on any atom is -0.506 e. The number of carbonyl (C=O) groups is 2. The van der Waals surface area contributed by atoms with E-state index >= 15 is 0 Å². The molecule has 2 N–H and O–H groups in total. The van der Waals surface area contributed by atoms with Crippen LogP contribution in [0, 0.1) is 0 Å².